The second kappa shape index (κ2) is 7.99. The van der Waals surface area contributed by atoms with Crippen molar-refractivity contribution in [2.45, 2.75) is 13.2 Å². The molecule has 0 saturated carbocycles. The molecule has 1 aromatic carbocycles. The van der Waals surface area contributed by atoms with Gasteiger partial charge < -0.3 is 10.0 Å². The molecule has 0 bridgehead atoms. The predicted molar refractivity (Wildman–Crippen MR) is 107 cm³/mol. The molecule has 3 heterocycles. The first-order valence-electron chi connectivity index (χ1n) is 8.99. The lowest BCUT2D eigenvalue weighted by Gasteiger charge is -2.35. The highest BCUT2D eigenvalue weighted by atomic mass is 32.1. The van der Waals surface area contributed by atoms with Crippen LogP contribution in [0.4, 0.5) is 5.82 Å². The van der Waals surface area contributed by atoms with E-state index in [0.29, 0.717) is 0 Å². The van der Waals surface area contributed by atoms with Gasteiger partial charge in [-0.15, -0.1) is 11.3 Å². The maximum Gasteiger partial charge on any atom is 0.128 e. The normalized spacial score (nSPS) is 15.3. The SMILES string of the molecule is OCc1sccc1-c1ccccc1CN1CCN(c2ccccn2)CC1. The standard InChI is InChI=1S/C21H23N3OS/c25-16-20-19(8-14-26-20)18-6-2-1-5-17(18)15-23-10-12-24(13-11-23)21-7-3-4-9-22-21/h1-9,14,25H,10-13,15-16H2. The smallest absolute Gasteiger partial charge is 0.128 e. The number of nitrogens with zero attached hydrogens (tertiary/aromatic N) is 3. The molecule has 0 amide bonds. The summed E-state index contributed by atoms with van der Waals surface area (Å²) in [6, 6.07) is 16.8. The van der Waals surface area contributed by atoms with E-state index in [1.807, 2.05) is 18.3 Å². The van der Waals surface area contributed by atoms with E-state index < -0.39 is 0 Å². The van der Waals surface area contributed by atoms with Crippen molar-refractivity contribution in [3.05, 3.63) is 70.5 Å². The van der Waals surface area contributed by atoms with Crippen LogP contribution in [0.25, 0.3) is 11.1 Å². The van der Waals surface area contributed by atoms with Crippen molar-refractivity contribution in [2.75, 3.05) is 31.1 Å². The Labute approximate surface area is 158 Å². The fraction of sp³-hybridized carbons (Fsp3) is 0.286. The van der Waals surface area contributed by atoms with E-state index in [2.05, 4.69) is 56.6 Å². The fourth-order valence-corrected chi connectivity index (χ4v) is 4.29. The van der Waals surface area contributed by atoms with Gasteiger partial charge in [0.25, 0.3) is 0 Å². The number of benzene rings is 1. The maximum absolute atomic E-state index is 9.61. The first-order chi connectivity index (χ1) is 12.8. The molecule has 1 aliphatic rings. The first kappa shape index (κ1) is 17.2. The average Bonchev–Trinajstić information content (AvgIpc) is 3.18. The number of piperazine rings is 1. The Balaban J connectivity index is 1.46. The topological polar surface area (TPSA) is 39.6 Å². The number of aromatic nitrogens is 1. The van der Waals surface area contributed by atoms with Gasteiger partial charge in [0.05, 0.1) is 6.61 Å². The summed E-state index contributed by atoms with van der Waals surface area (Å²) in [5.74, 6) is 1.07. The van der Waals surface area contributed by atoms with Gasteiger partial charge >= 0.3 is 0 Å². The number of aliphatic hydroxyl groups is 1. The largest absolute Gasteiger partial charge is 0.391 e. The van der Waals surface area contributed by atoms with Gasteiger partial charge in [-0.3, -0.25) is 4.90 Å². The van der Waals surface area contributed by atoms with Crippen LogP contribution >= 0.6 is 11.3 Å². The Morgan fingerprint density at radius 2 is 1.73 bits per heavy atom. The molecule has 2 aromatic heterocycles. The van der Waals surface area contributed by atoms with Crippen LogP contribution in [0.3, 0.4) is 0 Å². The summed E-state index contributed by atoms with van der Waals surface area (Å²) in [4.78, 5) is 10.4. The van der Waals surface area contributed by atoms with Crippen LogP contribution in [0.5, 0.6) is 0 Å². The Morgan fingerprint density at radius 3 is 2.50 bits per heavy atom. The van der Waals surface area contributed by atoms with E-state index in [9.17, 15) is 5.11 Å². The summed E-state index contributed by atoms with van der Waals surface area (Å²) in [7, 11) is 0. The fourth-order valence-electron chi connectivity index (χ4n) is 3.54. The highest BCUT2D eigenvalue weighted by molar-refractivity contribution is 7.10. The molecular weight excluding hydrogens is 342 g/mol. The van der Waals surface area contributed by atoms with Crippen LogP contribution in [0.2, 0.25) is 0 Å². The van der Waals surface area contributed by atoms with Crippen molar-refractivity contribution in [1.29, 1.82) is 0 Å². The second-order valence-electron chi connectivity index (χ2n) is 6.52. The number of hydrogen-bond donors (Lipinski definition) is 1. The van der Waals surface area contributed by atoms with Crippen LogP contribution in [0.15, 0.2) is 60.1 Å². The Morgan fingerprint density at radius 1 is 0.923 bits per heavy atom. The van der Waals surface area contributed by atoms with Crippen LogP contribution in [0.1, 0.15) is 10.4 Å². The number of anilines is 1. The van der Waals surface area contributed by atoms with Gasteiger partial charge in [0.2, 0.25) is 0 Å². The third kappa shape index (κ3) is 3.65. The molecule has 4 rings (SSSR count). The lowest BCUT2D eigenvalue weighted by atomic mass is 9.99. The lowest BCUT2D eigenvalue weighted by Crippen LogP contribution is -2.46. The predicted octanol–water partition coefficient (Wildman–Crippen LogP) is 3.62. The summed E-state index contributed by atoms with van der Waals surface area (Å²) >= 11 is 1.62. The van der Waals surface area contributed by atoms with E-state index >= 15 is 0 Å². The van der Waals surface area contributed by atoms with Crippen LogP contribution in [0, 0.1) is 0 Å². The van der Waals surface area contributed by atoms with Gasteiger partial charge in [0.1, 0.15) is 5.82 Å². The third-order valence-corrected chi connectivity index (χ3v) is 5.84. The van der Waals surface area contributed by atoms with Crippen molar-refractivity contribution < 1.29 is 5.11 Å². The molecule has 1 saturated heterocycles. The van der Waals surface area contributed by atoms with Crippen LogP contribution in [-0.2, 0) is 13.2 Å². The van der Waals surface area contributed by atoms with Crippen molar-refractivity contribution in [3.63, 3.8) is 0 Å². The monoisotopic (exact) mass is 365 g/mol. The molecule has 0 aliphatic carbocycles. The van der Waals surface area contributed by atoms with Crippen molar-refractivity contribution in [2.24, 2.45) is 0 Å². The van der Waals surface area contributed by atoms with Gasteiger partial charge in [-0.1, -0.05) is 30.3 Å². The van der Waals surface area contributed by atoms with E-state index in [0.717, 1.165) is 43.4 Å². The van der Waals surface area contributed by atoms with E-state index in [1.165, 1.54) is 16.7 Å². The molecule has 1 N–H and O–H groups in total. The highest BCUT2D eigenvalue weighted by Gasteiger charge is 2.19. The summed E-state index contributed by atoms with van der Waals surface area (Å²) in [5.41, 5.74) is 3.73. The van der Waals surface area contributed by atoms with Gasteiger partial charge in [0, 0.05) is 43.8 Å². The minimum atomic E-state index is 0.101. The zero-order valence-electron chi connectivity index (χ0n) is 14.7. The van der Waals surface area contributed by atoms with E-state index in [1.54, 1.807) is 11.3 Å². The quantitative estimate of drug-likeness (QED) is 0.750. The van der Waals surface area contributed by atoms with Gasteiger partial charge in [0.15, 0.2) is 0 Å². The molecule has 0 radical (unpaired) electrons. The number of rotatable bonds is 5. The van der Waals surface area contributed by atoms with Gasteiger partial charge in [-0.05, 0) is 40.3 Å². The molecule has 134 valence electrons. The minimum absolute atomic E-state index is 0.101. The number of aliphatic hydroxyl groups excluding tert-OH is 1. The van der Waals surface area contributed by atoms with Crippen molar-refractivity contribution in [3.8, 4) is 11.1 Å². The molecule has 0 unspecified atom stereocenters. The number of pyridine rings is 1. The zero-order chi connectivity index (χ0) is 17.8. The van der Waals surface area contributed by atoms with Crippen molar-refractivity contribution >= 4 is 17.2 Å². The molecule has 26 heavy (non-hydrogen) atoms. The molecule has 3 aromatic rings. The molecular formula is C21H23N3OS. The van der Waals surface area contributed by atoms with Crippen LogP contribution < -0.4 is 4.90 Å². The summed E-state index contributed by atoms with van der Waals surface area (Å²) in [6.07, 6.45) is 1.86. The van der Waals surface area contributed by atoms with Crippen molar-refractivity contribution in [1.82, 2.24) is 9.88 Å². The highest BCUT2D eigenvalue weighted by Crippen LogP contribution is 2.31. The Hall–Kier alpha value is -2.21. The minimum Gasteiger partial charge on any atom is -0.391 e. The van der Waals surface area contributed by atoms with Gasteiger partial charge in [-0.25, -0.2) is 4.98 Å². The summed E-state index contributed by atoms with van der Waals surface area (Å²) in [6.45, 7) is 5.10. The summed E-state index contributed by atoms with van der Waals surface area (Å²) < 4.78 is 0. The lowest BCUT2D eigenvalue weighted by molar-refractivity contribution is 0.249. The maximum atomic E-state index is 9.61. The third-order valence-electron chi connectivity index (χ3n) is 4.94. The molecule has 5 heteroatoms. The van der Waals surface area contributed by atoms with Gasteiger partial charge in [-0.2, -0.15) is 0 Å². The number of thiophene rings is 1. The average molecular weight is 366 g/mol. The molecule has 1 aliphatic heterocycles. The van der Waals surface area contributed by atoms with E-state index in [-0.39, 0.29) is 6.61 Å². The molecule has 0 atom stereocenters. The van der Waals surface area contributed by atoms with Crippen LogP contribution in [-0.4, -0.2) is 41.2 Å². The second-order valence-corrected chi connectivity index (χ2v) is 7.52. The molecule has 1 fully saturated rings. The molecule has 4 nitrogen and oxygen atoms in total. The Kier molecular flexibility index (Phi) is 5.29. The summed E-state index contributed by atoms with van der Waals surface area (Å²) in [5, 5.41) is 11.7. The van der Waals surface area contributed by atoms with E-state index in [4.69, 9.17) is 0 Å². The number of hydrogen-bond acceptors (Lipinski definition) is 5. The zero-order valence-corrected chi connectivity index (χ0v) is 15.5. The first-order valence-corrected chi connectivity index (χ1v) is 9.87. The Bertz CT molecular complexity index is 841. The molecule has 0 spiro atoms.